The summed E-state index contributed by atoms with van der Waals surface area (Å²) >= 11 is 0. The summed E-state index contributed by atoms with van der Waals surface area (Å²) in [6.07, 6.45) is 1.77. The zero-order chi connectivity index (χ0) is 13.9. The molecule has 0 saturated carbocycles. The van der Waals surface area contributed by atoms with E-state index < -0.39 is 0 Å². The molecule has 1 heterocycles. The Morgan fingerprint density at radius 2 is 1.60 bits per heavy atom. The fraction of sp³-hybridized carbons (Fsp3) is 0.176. The first-order chi connectivity index (χ1) is 9.36. The third-order valence-electron chi connectivity index (χ3n) is 2.11. The maximum absolute atomic E-state index is 4.28. The molecule has 0 N–H and O–H groups in total. The van der Waals surface area contributed by atoms with Gasteiger partial charge in [0.25, 0.3) is 0 Å². The van der Waals surface area contributed by atoms with Crippen molar-refractivity contribution in [3.8, 4) is 0 Å². The second-order valence-corrected chi connectivity index (χ2v) is 3.50. The molecule has 0 bridgehead atoms. The third kappa shape index (κ3) is 6.58. The van der Waals surface area contributed by atoms with E-state index in [-0.39, 0.29) is 21.1 Å². The second kappa shape index (κ2) is 11.3. The molecule has 0 saturated heterocycles. The number of benzene rings is 2. The summed E-state index contributed by atoms with van der Waals surface area (Å²) in [5.41, 5.74) is 2.78. The molecule has 3 heteroatoms. The van der Waals surface area contributed by atoms with E-state index in [1.54, 1.807) is 6.20 Å². The summed E-state index contributed by atoms with van der Waals surface area (Å²) in [6, 6.07) is 21.0. The standard InChI is InChI=1S/C9H7N2.C6H5.C2H6.W/c1-7-6-10-8-4-2-3-5-9(8)11-7;1-2-4-6-5-3-1;1-2;/h2,4-6H,1H3;1-5H;1-2H3;/q2*-1;;+2. The summed E-state index contributed by atoms with van der Waals surface area (Å²) in [5.74, 6) is 0. The van der Waals surface area contributed by atoms with E-state index in [0.29, 0.717) is 0 Å². The minimum Gasteiger partial charge on any atom is -0.314 e. The summed E-state index contributed by atoms with van der Waals surface area (Å²) in [5, 5.41) is 0. The van der Waals surface area contributed by atoms with Gasteiger partial charge in [0.15, 0.2) is 0 Å². The Morgan fingerprint density at radius 1 is 0.900 bits per heavy atom. The van der Waals surface area contributed by atoms with Crippen LogP contribution in [0.2, 0.25) is 0 Å². The van der Waals surface area contributed by atoms with Crippen molar-refractivity contribution in [2.24, 2.45) is 0 Å². The maximum Gasteiger partial charge on any atom is 2.00 e. The Kier molecular flexibility index (Phi) is 10.4. The normalized spacial score (nSPS) is 8.35. The van der Waals surface area contributed by atoms with Crippen molar-refractivity contribution in [1.29, 1.82) is 0 Å². The molecular formula is C17H18N2W. The summed E-state index contributed by atoms with van der Waals surface area (Å²) in [7, 11) is 0. The molecule has 0 fully saturated rings. The monoisotopic (exact) mass is 434 g/mol. The van der Waals surface area contributed by atoms with E-state index >= 15 is 0 Å². The van der Waals surface area contributed by atoms with Crippen molar-refractivity contribution < 1.29 is 21.1 Å². The van der Waals surface area contributed by atoms with Gasteiger partial charge in [-0.15, -0.1) is 12.1 Å². The van der Waals surface area contributed by atoms with Gasteiger partial charge in [-0.1, -0.05) is 13.8 Å². The zero-order valence-corrected chi connectivity index (χ0v) is 14.9. The van der Waals surface area contributed by atoms with Gasteiger partial charge in [-0.2, -0.15) is 48.5 Å². The van der Waals surface area contributed by atoms with Crippen molar-refractivity contribution in [3.05, 3.63) is 72.6 Å². The van der Waals surface area contributed by atoms with Crippen LogP contribution in [0.15, 0.2) is 54.7 Å². The predicted molar refractivity (Wildman–Crippen MR) is 79.7 cm³/mol. The van der Waals surface area contributed by atoms with Crippen molar-refractivity contribution >= 4 is 11.0 Å². The fourth-order valence-electron chi connectivity index (χ4n) is 1.34. The molecule has 20 heavy (non-hydrogen) atoms. The Balaban J connectivity index is 0.000000345. The van der Waals surface area contributed by atoms with Crippen LogP contribution in [-0.4, -0.2) is 9.97 Å². The molecule has 0 atom stereocenters. The molecule has 3 rings (SSSR count). The number of hydrogen-bond donors (Lipinski definition) is 0. The number of hydrogen-bond acceptors (Lipinski definition) is 2. The molecule has 2 aromatic carbocycles. The first-order valence-corrected chi connectivity index (χ1v) is 6.37. The Labute approximate surface area is 135 Å². The number of rotatable bonds is 0. The van der Waals surface area contributed by atoms with Crippen LogP contribution >= 0.6 is 0 Å². The molecule has 1 aromatic heterocycles. The summed E-state index contributed by atoms with van der Waals surface area (Å²) in [4.78, 5) is 8.48. The third-order valence-corrected chi connectivity index (χ3v) is 2.11. The average molecular weight is 434 g/mol. The van der Waals surface area contributed by atoms with Crippen LogP contribution in [0.5, 0.6) is 0 Å². The molecule has 0 unspecified atom stereocenters. The molecule has 0 radical (unpaired) electrons. The van der Waals surface area contributed by atoms with Gasteiger partial charge in [0, 0.05) is 11.9 Å². The van der Waals surface area contributed by atoms with Crippen molar-refractivity contribution in [1.82, 2.24) is 9.97 Å². The largest absolute Gasteiger partial charge is 2.00 e. The van der Waals surface area contributed by atoms with Crippen LogP contribution in [0.1, 0.15) is 19.5 Å². The van der Waals surface area contributed by atoms with Gasteiger partial charge in [0.05, 0.1) is 0 Å². The number of aryl methyl sites for hydroxylation is 1. The van der Waals surface area contributed by atoms with E-state index in [2.05, 4.69) is 22.1 Å². The van der Waals surface area contributed by atoms with Gasteiger partial charge in [-0.3, -0.25) is 4.98 Å². The molecule has 102 valence electrons. The van der Waals surface area contributed by atoms with Crippen molar-refractivity contribution in [3.63, 3.8) is 0 Å². The Bertz CT molecular complexity index is 556. The van der Waals surface area contributed by atoms with Gasteiger partial charge in [0.1, 0.15) is 0 Å². The number of aromatic nitrogens is 2. The second-order valence-electron chi connectivity index (χ2n) is 3.50. The quantitative estimate of drug-likeness (QED) is 0.495. The van der Waals surface area contributed by atoms with Crippen molar-refractivity contribution in [2.45, 2.75) is 20.8 Å². The zero-order valence-electron chi connectivity index (χ0n) is 12.0. The molecule has 2 nitrogen and oxygen atoms in total. The molecule has 3 aromatic rings. The minimum absolute atomic E-state index is 0. The molecular weight excluding hydrogens is 416 g/mol. The fourth-order valence-corrected chi connectivity index (χ4v) is 1.34. The van der Waals surface area contributed by atoms with E-state index in [1.807, 2.05) is 69.3 Å². The van der Waals surface area contributed by atoms with Crippen LogP contribution in [0, 0.1) is 19.1 Å². The van der Waals surface area contributed by atoms with Gasteiger partial charge in [-0.05, 0) is 18.0 Å². The van der Waals surface area contributed by atoms with E-state index in [0.717, 1.165) is 16.7 Å². The van der Waals surface area contributed by atoms with Crippen LogP contribution in [0.25, 0.3) is 11.0 Å². The SMILES string of the molecule is CC.Cc1cnc2cc[c-]cc2n1.[W+2].[c-]1ccccc1. The molecule has 0 aliphatic rings. The Morgan fingerprint density at radius 3 is 2.15 bits per heavy atom. The first kappa shape index (κ1) is 18.5. The Hall–Kier alpha value is -1.53. The predicted octanol–water partition coefficient (Wildman–Crippen LogP) is 4.25. The molecule has 0 spiro atoms. The molecule has 0 aliphatic heterocycles. The molecule has 0 amide bonds. The van der Waals surface area contributed by atoms with Crippen LogP contribution in [0.3, 0.4) is 0 Å². The van der Waals surface area contributed by atoms with E-state index in [4.69, 9.17) is 0 Å². The first-order valence-electron chi connectivity index (χ1n) is 6.37. The summed E-state index contributed by atoms with van der Waals surface area (Å²) in [6.45, 7) is 5.93. The maximum atomic E-state index is 4.28. The van der Waals surface area contributed by atoms with E-state index in [9.17, 15) is 0 Å². The number of fused-ring (bicyclic) bond motifs is 1. The van der Waals surface area contributed by atoms with Crippen LogP contribution in [0.4, 0.5) is 0 Å². The van der Waals surface area contributed by atoms with Gasteiger partial charge >= 0.3 is 21.1 Å². The average Bonchev–Trinajstić information content (AvgIpc) is 2.51. The van der Waals surface area contributed by atoms with Crippen molar-refractivity contribution in [2.75, 3.05) is 0 Å². The van der Waals surface area contributed by atoms with Gasteiger partial charge in [0.2, 0.25) is 0 Å². The van der Waals surface area contributed by atoms with Crippen LogP contribution < -0.4 is 0 Å². The van der Waals surface area contributed by atoms with Gasteiger partial charge < -0.3 is 4.98 Å². The molecule has 0 aliphatic carbocycles. The van der Waals surface area contributed by atoms with E-state index in [1.165, 1.54) is 0 Å². The summed E-state index contributed by atoms with van der Waals surface area (Å²) < 4.78 is 0. The van der Waals surface area contributed by atoms with Crippen LogP contribution in [-0.2, 0) is 21.1 Å². The topological polar surface area (TPSA) is 25.8 Å². The minimum atomic E-state index is 0. The number of nitrogens with zero attached hydrogens (tertiary/aromatic N) is 2. The van der Waals surface area contributed by atoms with Gasteiger partial charge in [-0.25, -0.2) is 0 Å². The smallest absolute Gasteiger partial charge is 0.314 e.